The van der Waals surface area contributed by atoms with E-state index < -0.39 is 5.54 Å². The minimum absolute atomic E-state index is 0.00394. The van der Waals surface area contributed by atoms with E-state index in [0.29, 0.717) is 5.11 Å². The molecule has 0 aromatic carbocycles. The SMILES string of the molecule is COC1CCCC2(C1)NC(=S)NC2=O. The summed E-state index contributed by atoms with van der Waals surface area (Å²) in [6, 6.07) is 0. The standard InChI is InChI=1S/C9H14N2O2S/c1-13-6-3-2-4-9(5-6)7(12)10-8(14)11-9/h6H,2-5H2,1H3,(H2,10,11,12,14). The third-order valence-corrected chi connectivity index (χ3v) is 3.26. The van der Waals surface area contributed by atoms with Crippen LogP contribution in [0.15, 0.2) is 0 Å². The molecule has 1 aliphatic heterocycles. The van der Waals surface area contributed by atoms with E-state index in [1.165, 1.54) is 0 Å². The van der Waals surface area contributed by atoms with Crippen molar-refractivity contribution in [1.82, 2.24) is 10.6 Å². The van der Waals surface area contributed by atoms with Crippen LogP contribution in [0.25, 0.3) is 0 Å². The van der Waals surface area contributed by atoms with Crippen LogP contribution in [0.5, 0.6) is 0 Å². The number of carbonyl (C=O) groups excluding carboxylic acids is 1. The van der Waals surface area contributed by atoms with Crippen molar-refractivity contribution < 1.29 is 9.53 Å². The van der Waals surface area contributed by atoms with E-state index >= 15 is 0 Å². The molecule has 1 saturated carbocycles. The van der Waals surface area contributed by atoms with Gasteiger partial charge in [0.2, 0.25) is 0 Å². The van der Waals surface area contributed by atoms with E-state index in [4.69, 9.17) is 17.0 Å². The normalized spacial score (nSPS) is 37.1. The Bertz CT molecular complexity index is 282. The summed E-state index contributed by atoms with van der Waals surface area (Å²) < 4.78 is 5.30. The Morgan fingerprint density at radius 1 is 1.64 bits per heavy atom. The van der Waals surface area contributed by atoms with Crippen LogP contribution in [-0.2, 0) is 9.53 Å². The smallest absolute Gasteiger partial charge is 0.251 e. The number of rotatable bonds is 1. The van der Waals surface area contributed by atoms with E-state index in [1.54, 1.807) is 7.11 Å². The highest BCUT2D eigenvalue weighted by molar-refractivity contribution is 7.80. The molecule has 2 fully saturated rings. The van der Waals surface area contributed by atoms with Crippen LogP contribution in [0.3, 0.4) is 0 Å². The highest BCUT2D eigenvalue weighted by atomic mass is 32.1. The molecule has 4 nitrogen and oxygen atoms in total. The molecule has 14 heavy (non-hydrogen) atoms. The summed E-state index contributed by atoms with van der Waals surface area (Å²) in [5.41, 5.74) is -0.490. The van der Waals surface area contributed by atoms with Crippen LogP contribution >= 0.6 is 12.2 Å². The zero-order valence-electron chi connectivity index (χ0n) is 8.13. The zero-order chi connectivity index (χ0) is 10.2. The summed E-state index contributed by atoms with van der Waals surface area (Å²) in [6.07, 6.45) is 3.76. The second kappa shape index (κ2) is 3.47. The van der Waals surface area contributed by atoms with Gasteiger partial charge in [-0.05, 0) is 31.5 Å². The number of hydrogen-bond donors (Lipinski definition) is 2. The number of thiocarbonyl (C=S) groups is 1. The van der Waals surface area contributed by atoms with E-state index in [-0.39, 0.29) is 12.0 Å². The van der Waals surface area contributed by atoms with Crippen LogP contribution in [0, 0.1) is 0 Å². The second-order valence-corrected chi connectivity index (χ2v) is 4.35. The van der Waals surface area contributed by atoms with Gasteiger partial charge in [-0.15, -0.1) is 0 Å². The van der Waals surface area contributed by atoms with Crippen LogP contribution in [0.4, 0.5) is 0 Å². The number of nitrogens with one attached hydrogen (secondary N) is 2. The molecule has 2 aliphatic rings. The third-order valence-electron chi connectivity index (χ3n) is 3.05. The lowest BCUT2D eigenvalue weighted by Crippen LogP contribution is -2.51. The van der Waals surface area contributed by atoms with Gasteiger partial charge in [0.25, 0.3) is 5.91 Å². The minimum atomic E-state index is -0.490. The lowest BCUT2D eigenvalue weighted by molar-refractivity contribution is -0.126. The van der Waals surface area contributed by atoms with E-state index in [1.807, 2.05) is 0 Å². The fourth-order valence-electron chi connectivity index (χ4n) is 2.27. The number of methoxy groups -OCH3 is 1. The average Bonchev–Trinajstić information content (AvgIpc) is 2.42. The molecule has 2 atom stereocenters. The summed E-state index contributed by atoms with van der Waals surface area (Å²) in [5.74, 6) is 0.00394. The maximum Gasteiger partial charge on any atom is 0.251 e. The largest absolute Gasteiger partial charge is 0.381 e. The second-order valence-electron chi connectivity index (χ2n) is 3.94. The van der Waals surface area contributed by atoms with Gasteiger partial charge in [0.05, 0.1) is 6.10 Å². The molecule has 5 heteroatoms. The first-order chi connectivity index (χ1) is 6.66. The first-order valence-electron chi connectivity index (χ1n) is 4.83. The van der Waals surface area contributed by atoms with Gasteiger partial charge in [-0.1, -0.05) is 0 Å². The Labute approximate surface area is 88.4 Å². The Morgan fingerprint density at radius 2 is 2.43 bits per heavy atom. The van der Waals surface area contributed by atoms with E-state index in [9.17, 15) is 4.79 Å². The van der Waals surface area contributed by atoms with Gasteiger partial charge in [-0.2, -0.15) is 0 Å². The molecule has 0 aromatic rings. The molecule has 0 bridgehead atoms. The summed E-state index contributed by atoms with van der Waals surface area (Å²) in [6.45, 7) is 0. The monoisotopic (exact) mass is 214 g/mol. The summed E-state index contributed by atoms with van der Waals surface area (Å²) in [4.78, 5) is 11.7. The Kier molecular flexibility index (Phi) is 2.45. The van der Waals surface area contributed by atoms with Gasteiger partial charge in [-0.3, -0.25) is 4.79 Å². The van der Waals surface area contributed by atoms with Crippen molar-refractivity contribution in [1.29, 1.82) is 0 Å². The molecule has 1 amide bonds. The Balaban J connectivity index is 2.15. The van der Waals surface area contributed by atoms with Gasteiger partial charge in [0, 0.05) is 13.5 Å². The number of amides is 1. The zero-order valence-corrected chi connectivity index (χ0v) is 8.95. The molecule has 2 rings (SSSR count). The van der Waals surface area contributed by atoms with Gasteiger partial charge in [0.1, 0.15) is 5.54 Å². The van der Waals surface area contributed by atoms with Crippen molar-refractivity contribution in [3.05, 3.63) is 0 Å². The summed E-state index contributed by atoms with van der Waals surface area (Å²) in [5, 5.41) is 6.17. The molecule has 78 valence electrons. The lowest BCUT2D eigenvalue weighted by Gasteiger charge is -2.34. The summed E-state index contributed by atoms with van der Waals surface area (Å²) in [7, 11) is 1.69. The highest BCUT2D eigenvalue weighted by Crippen LogP contribution is 2.32. The van der Waals surface area contributed by atoms with Crippen LogP contribution in [0.2, 0.25) is 0 Å². The molecule has 0 radical (unpaired) electrons. The fraction of sp³-hybridized carbons (Fsp3) is 0.778. The number of carbonyl (C=O) groups is 1. The van der Waals surface area contributed by atoms with Crippen LogP contribution < -0.4 is 10.6 Å². The molecule has 0 aromatic heterocycles. The van der Waals surface area contributed by atoms with E-state index in [2.05, 4.69) is 10.6 Å². The molecule has 1 spiro atoms. The number of hydrogen-bond acceptors (Lipinski definition) is 3. The molecule has 1 aliphatic carbocycles. The average molecular weight is 214 g/mol. The van der Waals surface area contributed by atoms with Crippen molar-refractivity contribution in [2.75, 3.05) is 7.11 Å². The van der Waals surface area contributed by atoms with Crippen LogP contribution in [-0.4, -0.2) is 29.8 Å². The maximum absolute atomic E-state index is 11.7. The molecule has 1 saturated heterocycles. The fourth-order valence-corrected chi connectivity index (χ4v) is 2.56. The lowest BCUT2D eigenvalue weighted by atomic mass is 9.80. The van der Waals surface area contributed by atoms with Crippen molar-refractivity contribution in [2.24, 2.45) is 0 Å². The topological polar surface area (TPSA) is 50.4 Å². The molecular weight excluding hydrogens is 200 g/mol. The van der Waals surface area contributed by atoms with E-state index in [0.717, 1.165) is 25.7 Å². The van der Waals surface area contributed by atoms with Crippen molar-refractivity contribution in [3.63, 3.8) is 0 Å². The first-order valence-corrected chi connectivity index (χ1v) is 5.23. The van der Waals surface area contributed by atoms with Crippen molar-refractivity contribution in [3.8, 4) is 0 Å². The van der Waals surface area contributed by atoms with Crippen LogP contribution in [0.1, 0.15) is 25.7 Å². The van der Waals surface area contributed by atoms with Gasteiger partial charge < -0.3 is 15.4 Å². The Hall–Kier alpha value is -0.680. The predicted octanol–water partition coefficient (Wildman–Crippen LogP) is 0.319. The first kappa shape index (κ1) is 9.86. The molecule has 1 heterocycles. The van der Waals surface area contributed by atoms with Gasteiger partial charge >= 0.3 is 0 Å². The third kappa shape index (κ3) is 1.50. The molecular formula is C9H14N2O2S. The Morgan fingerprint density at radius 3 is 3.00 bits per heavy atom. The number of ether oxygens (including phenoxy) is 1. The molecule has 2 unspecified atom stereocenters. The molecule has 2 N–H and O–H groups in total. The highest BCUT2D eigenvalue weighted by Gasteiger charge is 2.47. The van der Waals surface area contributed by atoms with Crippen molar-refractivity contribution >= 4 is 23.2 Å². The van der Waals surface area contributed by atoms with Crippen molar-refractivity contribution in [2.45, 2.75) is 37.3 Å². The maximum atomic E-state index is 11.7. The quantitative estimate of drug-likeness (QED) is 0.617. The minimum Gasteiger partial charge on any atom is -0.381 e. The van der Waals surface area contributed by atoms with Gasteiger partial charge in [0.15, 0.2) is 5.11 Å². The predicted molar refractivity (Wildman–Crippen MR) is 55.9 cm³/mol. The summed E-state index contributed by atoms with van der Waals surface area (Å²) >= 11 is 4.94. The van der Waals surface area contributed by atoms with Gasteiger partial charge in [-0.25, -0.2) is 0 Å².